The quantitative estimate of drug-likeness (QED) is 0.515. The number of allylic oxidation sites excluding steroid dienone is 3. The Balaban J connectivity index is 0. The molecule has 0 spiro atoms. The second-order valence-electron chi connectivity index (χ2n) is 1.48. The molecular weight excluding hydrogens is 98.1 g/mol. The van der Waals surface area contributed by atoms with Gasteiger partial charge < -0.3 is 5.73 Å². The van der Waals surface area contributed by atoms with Crippen molar-refractivity contribution >= 4 is 0 Å². The highest BCUT2D eigenvalue weighted by atomic mass is 14.4. The second kappa shape index (κ2) is 9.67. The number of rotatable bonds is 1. The van der Waals surface area contributed by atoms with E-state index in [0.29, 0.717) is 0 Å². The van der Waals surface area contributed by atoms with E-state index in [4.69, 9.17) is 0 Å². The summed E-state index contributed by atoms with van der Waals surface area (Å²) in [6.07, 6.45) is 3.76. The van der Waals surface area contributed by atoms with Crippen LogP contribution in [0, 0.1) is 0 Å². The summed E-state index contributed by atoms with van der Waals surface area (Å²) in [5.74, 6) is 0. The monoisotopic (exact) mass is 113 g/mol. The summed E-state index contributed by atoms with van der Waals surface area (Å²) in [5, 5.41) is 0. The Morgan fingerprint density at radius 2 is 1.75 bits per heavy atom. The third-order valence-corrected chi connectivity index (χ3v) is 0.451. The Kier molecular flexibility index (Phi) is 12.6. The first-order valence-electron chi connectivity index (χ1n) is 2.61. The third-order valence-electron chi connectivity index (χ3n) is 0.451. The van der Waals surface area contributed by atoms with E-state index in [-0.39, 0.29) is 0 Å². The zero-order valence-electron chi connectivity index (χ0n) is 5.94. The maximum absolute atomic E-state index is 4.50. The third kappa shape index (κ3) is 18.0. The van der Waals surface area contributed by atoms with Crippen LogP contribution < -0.4 is 5.73 Å². The van der Waals surface area contributed by atoms with Gasteiger partial charge in [-0.2, -0.15) is 0 Å². The van der Waals surface area contributed by atoms with E-state index in [9.17, 15) is 0 Å². The van der Waals surface area contributed by atoms with Crippen molar-refractivity contribution in [3.8, 4) is 0 Å². The van der Waals surface area contributed by atoms with E-state index in [2.05, 4.69) is 12.3 Å². The lowest BCUT2D eigenvalue weighted by Gasteiger charge is -1.76. The van der Waals surface area contributed by atoms with Gasteiger partial charge in [0.1, 0.15) is 0 Å². The van der Waals surface area contributed by atoms with Crippen LogP contribution in [0.1, 0.15) is 13.8 Å². The van der Waals surface area contributed by atoms with E-state index in [1.165, 1.54) is 12.6 Å². The van der Waals surface area contributed by atoms with Crippen molar-refractivity contribution in [2.75, 3.05) is 7.05 Å². The molecule has 0 bridgehead atoms. The lowest BCUT2D eigenvalue weighted by atomic mass is 10.3. The van der Waals surface area contributed by atoms with Gasteiger partial charge in [-0.25, -0.2) is 0 Å². The molecule has 0 aliphatic heterocycles. The molecule has 0 saturated heterocycles. The zero-order chi connectivity index (χ0) is 6.99. The van der Waals surface area contributed by atoms with Crippen molar-refractivity contribution in [2.24, 2.45) is 5.73 Å². The highest BCUT2D eigenvalue weighted by Crippen LogP contribution is 1.85. The van der Waals surface area contributed by atoms with Crippen LogP contribution in [-0.2, 0) is 0 Å². The molecule has 0 aromatic rings. The molecule has 0 heterocycles. The molecule has 8 heavy (non-hydrogen) atoms. The first-order valence-corrected chi connectivity index (χ1v) is 2.61. The summed E-state index contributed by atoms with van der Waals surface area (Å²) in [6.45, 7) is 7.61. The maximum atomic E-state index is 4.50. The fourth-order valence-electron chi connectivity index (χ4n) is 0.236. The number of nitrogens with two attached hydrogens (primary N) is 1. The molecular formula is C7H15N. The van der Waals surface area contributed by atoms with Crippen LogP contribution in [0.15, 0.2) is 24.3 Å². The molecule has 0 aliphatic carbocycles. The van der Waals surface area contributed by atoms with Gasteiger partial charge in [-0.3, -0.25) is 0 Å². The van der Waals surface area contributed by atoms with Crippen LogP contribution in [0.2, 0.25) is 0 Å². The Labute approximate surface area is 51.9 Å². The van der Waals surface area contributed by atoms with Crippen molar-refractivity contribution in [1.82, 2.24) is 0 Å². The van der Waals surface area contributed by atoms with Gasteiger partial charge in [0.25, 0.3) is 0 Å². The topological polar surface area (TPSA) is 26.0 Å². The van der Waals surface area contributed by atoms with Gasteiger partial charge >= 0.3 is 0 Å². The van der Waals surface area contributed by atoms with Crippen LogP contribution >= 0.6 is 0 Å². The van der Waals surface area contributed by atoms with Gasteiger partial charge in [0.05, 0.1) is 0 Å². The Morgan fingerprint density at radius 1 is 1.38 bits per heavy atom. The van der Waals surface area contributed by atoms with Crippen molar-refractivity contribution in [1.29, 1.82) is 0 Å². The normalized spacial score (nSPS) is 6.00. The van der Waals surface area contributed by atoms with Crippen LogP contribution in [0.5, 0.6) is 0 Å². The molecule has 0 unspecified atom stereocenters. The predicted octanol–water partition coefficient (Wildman–Crippen LogP) is 1.71. The van der Waals surface area contributed by atoms with Crippen molar-refractivity contribution in [2.45, 2.75) is 13.8 Å². The molecule has 0 saturated carbocycles. The molecule has 0 fully saturated rings. The second-order valence-corrected chi connectivity index (χ2v) is 1.48. The van der Waals surface area contributed by atoms with Crippen LogP contribution in [0.25, 0.3) is 0 Å². The summed E-state index contributed by atoms with van der Waals surface area (Å²) in [4.78, 5) is 0. The molecule has 2 N–H and O–H groups in total. The Hall–Kier alpha value is -0.560. The highest BCUT2D eigenvalue weighted by molar-refractivity contribution is 5.04. The minimum absolute atomic E-state index is 1.30. The Morgan fingerprint density at radius 3 is 1.75 bits per heavy atom. The van der Waals surface area contributed by atoms with E-state index >= 15 is 0 Å². The smallest absolute Gasteiger partial charge is 0.0195 e. The lowest BCUT2D eigenvalue weighted by Crippen LogP contribution is -1.69. The van der Waals surface area contributed by atoms with Crippen molar-refractivity contribution < 1.29 is 0 Å². The van der Waals surface area contributed by atoms with E-state index in [1.54, 1.807) is 6.08 Å². The van der Waals surface area contributed by atoms with Gasteiger partial charge in [0.15, 0.2) is 0 Å². The van der Waals surface area contributed by atoms with Gasteiger partial charge in [-0.1, -0.05) is 24.3 Å². The lowest BCUT2D eigenvalue weighted by molar-refractivity contribution is 1.40. The van der Waals surface area contributed by atoms with E-state index in [0.717, 1.165) is 0 Å². The molecule has 0 aromatic carbocycles. The highest BCUT2D eigenvalue weighted by Gasteiger charge is 1.63. The SMILES string of the molecule is C=CC=C(C)C.CN. The van der Waals surface area contributed by atoms with Crippen LogP contribution in [0.4, 0.5) is 0 Å². The number of hydrogen-bond acceptors (Lipinski definition) is 1. The minimum atomic E-state index is 1.30. The molecule has 0 aliphatic rings. The standard InChI is InChI=1S/C6H10.CH5N/c1-4-5-6(2)3;1-2/h4-5H,1H2,2-3H3;2H2,1H3. The fraction of sp³-hybridized carbons (Fsp3) is 0.429. The van der Waals surface area contributed by atoms with Gasteiger partial charge in [-0.15, -0.1) is 0 Å². The summed E-state index contributed by atoms with van der Waals surface area (Å²) in [5.41, 5.74) is 5.80. The first-order chi connectivity index (χ1) is 3.77. The first kappa shape index (κ1) is 10.4. The summed E-state index contributed by atoms with van der Waals surface area (Å²) in [6, 6.07) is 0. The van der Waals surface area contributed by atoms with Crippen molar-refractivity contribution in [3.63, 3.8) is 0 Å². The molecule has 48 valence electrons. The molecule has 0 amide bonds. The minimum Gasteiger partial charge on any atom is -0.333 e. The molecule has 1 heteroatoms. The molecule has 0 rings (SSSR count). The molecule has 1 nitrogen and oxygen atoms in total. The predicted molar refractivity (Wildman–Crippen MR) is 39.7 cm³/mol. The molecule has 0 aromatic heterocycles. The van der Waals surface area contributed by atoms with Gasteiger partial charge in [0.2, 0.25) is 0 Å². The summed E-state index contributed by atoms with van der Waals surface area (Å²) in [7, 11) is 1.50. The van der Waals surface area contributed by atoms with E-state index < -0.39 is 0 Å². The summed E-state index contributed by atoms with van der Waals surface area (Å²) >= 11 is 0. The average molecular weight is 113 g/mol. The van der Waals surface area contributed by atoms with Crippen LogP contribution in [0.3, 0.4) is 0 Å². The van der Waals surface area contributed by atoms with Crippen LogP contribution in [-0.4, -0.2) is 7.05 Å². The average Bonchev–Trinajstić information content (AvgIpc) is 1.72. The fourth-order valence-corrected chi connectivity index (χ4v) is 0.236. The largest absolute Gasteiger partial charge is 0.333 e. The molecule has 0 radical (unpaired) electrons. The summed E-state index contributed by atoms with van der Waals surface area (Å²) < 4.78 is 0. The van der Waals surface area contributed by atoms with Crippen molar-refractivity contribution in [3.05, 3.63) is 24.3 Å². The van der Waals surface area contributed by atoms with Gasteiger partial charge in [-0.05, 0) is 20.9 Å². The number of hydrogen-bond donors (Lipinski definition) is 1. The molecule has 0 atom stereocenters. The Bertz CT molecular complexity index is 68.5. The van der Waals surface area contributed by atoms with E-state index in [1.807, 2.05) is 19.9 Å². The maximum Gasteiger partial charge on any atom is -0.0195 e. The zero-order valence-corrected chi connectivity index (χ0v) is 5.94. The van der Waals surface area contributed by atoms with Gasteiger partial charge in [0, 0.05) is 0 Å².